The summed E-state index contributed by atoms with van der Waals surface area (Å²) in [5.74, 6) is 0. The number of rotatable bonds is 1. The second-order valence-corrected chi connectivity index (χ2v) is 5.17. The lowest BCUT2D eigenvalue weighted by Gasteiger charge is -2.08. The fraction of sp³-hybridized carbons (Fsp3) is 0.0714. The number of halogens is 1. The van der Waals surface area contributed by atoms with E-state index >= 15 is 0 Å². The molecule has 2 N–H and O–H groups in total. The van der Waals surface area contributed by atoms with E-state index in [1.807, 2.05) is 30.6 Å². The molecule has 0 aliphatic carbocycles. The first-order valence-corrected chi connectivity index (χ1v) is 6.43. The van der Waals surface area contributed by atoms with E-state index in [0.29, 0.717) is 0 Å². The molecule has 1 aromatic heterocycles. The molecule has 0 saturated carbocycles. The van der Waals surface area contributed by atoms with Crippen molar-refractivity contribution in [2.24, 2.45) is 0 Å². The van der Waals surface area contributed by atoms with Gasteiger partial charge in [-0.1, -0.05) is 6.07 Å². The Bertz CT molecular complexity index is 731. The van der Waals surface area contributed by atoms with Crippen LogP contribution < -0.4 is 5.73 Å². The number of fused-ring (bicyclic) bond motifs is 1. The van der Waals surface area contributed by atoms with Crippen LogP contribution >= 0.6 is 15.9 Å². The molecule has 0 unspecified atom stereocenters. The van der Waals surface area contributed by atoms with Gasteiger partial charge >= 0.3 is 0 Å². The monoisotopic (exact) mass is 301 g/mol. The zero-order chi connectivity index (χ0) is 12.7. The number of aryl methyl sites for hydroxylation is 1. The fourth-order valence-electron chi connectivity index (χ4n) is 2.03. The van der Waals surface area contributed by atoms with Crippen molar-refractivity contribution in [3.8, 4) is 5.69 Å². The van der Waals surface area contributed by atoms with Crippen LogP contribution in [-0.4, -0.2) is 9.55 Å². The minimum Gasteiger partial charge on any atom is -0.399 e. The number of benzene rings is 2. The van der Waals surface area contributed by atoms with Crippen LogP contribution in [0, 0.1) is 6.92 Å². The number of nitrogen functional groups attached to an aromatic ring is 1. The number of hydrogen-bond donors (Lipinski definition) is 1. The first-order valence-electron chi connectivity index (χ1n) is 5.64. The fourth-order valence-corrected chi connectivity index (χ4v) is 2.47. The molecule has 18 heavy (non-hydrogen) atoms. The number of nitrogens with zero attached hydrogens (tertiary/aromatic N) is 2. The molecule has 2 aromatic carbocycles. The van der Waals surface area contributed by atoms with Crippen molar-refractivity contribution in [1.29, 1.82) is 0 Å². The van der Waals surface area contributed by atoms with Crippen LogP contribution in [0.3, 0.4) is 0 Å². The molecule has 3 rings (SSSR count). The minimum atomic E-state index is 0.732. The van der Waals surface area contributed by atoms with Crippen molar-refractivity contribution in [1.82, 2.24) is 9.55 Å². The van der Waals surface area contributed by atoms with Crippen LogP contribution in [-0.2, 0) is 0 Å². The number of imidazole rings is 1. The van der Waals surface area contributed by atoms with Crippen LogP contribution in [0.25, 0.3) is 16.7 Å². The highest BCUT2D eigenvalue weighted by molar-refractivity contribution is 9.10. The first kappa shape index (κ1) is 11.3. The highest BCUT2D eigenvalue weighted by Gasteiger charge is 2.08. The number of hydrogen-bond acceptors (Lipinski definition) is 2. The minimum absolute atomic E-state index is 0.732. The third-order valence-electron chi connectivity index (χ3n) is 2.93. The molecule has 0 radical (unpaired) electrons. The maximum Gasteiger partial charge on any atom is 0.100 e. The molecular weight excluding hydrogens is 290 g/mol. The second kappa shape index (κ2) is 4.14. The summed E-state index contributed by atoms with van der Waals surface area (Å²) in [7, 11) is 0. The highest BCUT2D eigenvalue weighted by atomic mass is 79.9. The van der Waals surface area contributed by atoms with Crippen molar-refractivity contribution >= 4 is 32.7 Å². The Morgan fingerprint density at radius 1 is 1.17 bits per heavy atom. The Kier molecular flexibility index (Phi) is 2.59. The SMILES string of the molecule is Cc1ccc(Br)c(-n2cnc3cc(N)ccc32)c1. The summed E-state index contributed by atoms with van der Waals surface area (Å²) >= 11 is 3.58. The predicted octanol–water partition coefficient (Wildman–Crippen LogP) is 3.68. The van der Waals surface area contributed by atoms with Crippen molar-refractivity contribution in [2.75, 3.05) is 5.73 Å². The van der Waals surface area contributed by atoms with Crippen molar-refractivity contribution in [2.45, 2.75) is 6.92 Å². The molecule has 0 aliphatic rings. The van der Waals surface area contributed by atoms with Gasteiger partial charge in [0.05, 0.1) is 16.7 Å². The number of aromatic nitrogens is 2. The lowest BCUT2D eigenvalue weighted by molar-refractivity contribution is 1.08. The van der Waals surface area contributed by atoms with Crippen LogP contribution in [0.4, 0.5) is 5.69 Å². The van der Waals surface area contributed by atoms with Crippen molar-refractivity contribution < 1.29 is 0 Å². The maximum absolute atomic E-state index is 5.77. The molecular formula is C14H12BrN3. The normalized spacial score (nSPS) is 11.0. The molecule has 90 valence electrons. The van der Waals surface area contributed by atoms with E-state index in [9.17, 15) is 0 Å². The van der Waals surface area contributed by atoms with Gasteiger partial charge in [0.25, 0.3) is 0 Å². The van der Waals surface area contributed by atoms with Gasteiger partial charge in [-0.25, -0.2) is 4.98 Å². The van der Waals surface area contributed by atoms with Crippen LogP contribution in [0.5, 0.6) is 0 Å². The average molecular weight is 302 g/mol. The van der Waals surface area contributed by atoms with E-state index in [4.69, 9.17) is 5.73 Å². The van der Waals surface area contributed by atoms with Crippen LogP contribution in [0.15, 0.2) is 47.2 Å². The average Bonchev–Trinajstić information content (AvgIpc) is 2.75. The Morgan fingerprint density at radius 3 is 2.83 bits per heavy atom. The van der Waals surface area contributed by atoms with Gasteiger partial charge in [0.15, 0.2) is 0 Å². The van der Waals surface area contributed by atoms with Crippen LogP contribution in [0.2, 0.25) is 0 Å². The van der Waals surface area contributed by atoms with Gasteiger partial charge in [-0.05, 0) is 58.7 Å². The topological polar surface area (TPSA) is 43.8 Å². The van der Waals surface area contributed by atoms with Gasteiger partial charge in [-0.15, -0.1) is 0 Å². The molecule has 0 fully saturated rings. The highest BCUT2D eigenvalue weighted by Crippen LogP contribution is 2.26. The quantitative estimate of drug-likeness (QED) is 0.697. The maximum atomic E-state index is 5.77. The summed E-state index contributed by atoms with van der Waals surface area (Å²) in [6, 6.07) is 12.0. The van der Waals surface area contributed by atoms with Gasteiger partial charge in [-0.2, -0.15) is 0 Å². The standard InChI is InChI=1S/C14H12BrN3/c1-9-2-4-11(15)14(6-9)18-8-17-12-7-10(16)3-5-13(12)18/h2-8H,16H2,1H3. The van der Waals surface area contributed by atoms with E-state index in [1.165, 1.54) is 5.56 Å². The lowest BCUT2D eigenvalue weighted by Crippen LogP contribution is -1.94. The zero-order valence-electron chi connectivity index (χ0n) is 9.89. The summed E-state index contributed by atoms with van der Waals surface area (Å²) in [5.41, 5.74) is 10.8. The second-order valence-electron chi connectivity index (χ2n) is 4.32. The predicted molar refractivity (Wildman–Crippen MR) is 77.9 cm³/mol. The molecule has 0 amide bonds. The number of anilines is 1. The van der Waals surface area contributed by atoms with E-state index in [0.717, 1.165) is 26.9 Å². The molecule has 0 bridgehead atoms. The van der Waals surface area contributed by atoms with E-state index in [2.05, 4.69) is 44.5 Å². The molecule has 1 heterocycles. The Labute approximate surface area is 113 Å². The molecule has 0 spiro atoms. The first-order chi connectivity index (χ1) is 8.65. The molecule has 0 atom stereocenters. The van der Waals surface area contributed by atoms with E-state index < -0.39 is 0 Å². The van der Waals surface area contributed by atoms with E-state index in [1.54, 1.807) is 0 Å². The largest absolute Gasteiger partial charge is 0.399 e. The molecule has 4 heteroatoms. The summed E-state index contributed by atoms with van der Waals surface area (Å²) in [6.45, 7) is 2.08. The molecule has 0 aliphatic heterocycles. The van der Waals surface area contributed by atoms with E-state index in [-0.39, 0.29) is 0 Å². The van der Waals surface area contributed by atoms with Gasteiger partial charge in [0, 0.05) is 10.2 Å². The third-order valence-corrected chi connectivity index (χ3v) is 3.60. The third kappa shape index (κ3) is 1.78. The van der Waals surface area contributed by atoms with Gasteiger partial charge in [0.1, 0.15) is 6.33 Å². The smallest absolute Gasteiger partial charge is 0.100 e. The van der Waals surface area contributed by atoms with Crippen molar-refractivity contribution in [3.63, 3.8) is 0 Å². The number of nitrogens with two attached hydrogens (primary N) is 1. The molecule has 0 saturated heterocycles. The lowest BCUT2D eigenvalue weighted by atomic mass is 10.2. The van der Waals surface area contributed by atoms with Crippen LogP contribution in [0.1, 0.15) is 5.56 Å². The summed E-state index contributed by atoms with van der Waals surface area (Å²) in [6.07, 6.45) is 1.82. The molecule has 3 aromatic rings. The Balaban J connectivity index is 2.28. The van der Waals surface area contributed by atoms with Gasteiger partial charge < -0.3 is 5.73 Å². The summed E-state index contributed by atoms with van der Waals surface area (Å²) < 4.78 is 3.11. The van der Waals surface area contributed by atoms with Gasteiger partial charge in [-0.3, -0.25) is 4.57 Å². The zero-order valence-corrected chi connectivity index (χ0v) is 11.5. The Morgan fingerprint density at radius 2 is 2.00 bits per heavy atom. The Hall–Kier alpha value is -1.81. The van der Waals surface area contributed by atoms with Crippen molar-refractivity contribution in [3.05, 3.63) is 52.8 Å². The van der Waals surface area contributed by atoms with Gasteiger partial charge in [0.2, 0.25) is 0 Å². The summed E-state index contributed by atoms with van der Waals surface area (Å²) in [5, 5.41) is 0. The summed E-state index contributed by atoms with van der Waals surface area (Å²) in [4.78, 5) is 4.39. The molecule has 3 nitrogen and oxygen atoms in total.